The molecule has 20 nitrogen and oxygen atoms in total. The molecule has 15 rings (SSSR count). The second-order valence-corrected chi connectivity index (χ2v) is 24.4. The van der Waals surface area contributed by atoms with E-state index in [0.29, 0.717) is 141 Å². The van der Waals surface area contributed by atoms with E-state index in [1.807, 2.05) is 170 Å². The van der Waals surface area contributed by atoms with Gasteiger partial charge in [-0.3, -0.25) is 19.2 Å². The summed E-state index contributed by atoms with van der Waals surface area (Å²) in [5.41, 5.74) is 14.9. The van der Waals surface area contributed by atoms with Crippen LogP contribution in [0.25, 0.3) is 102 Å². The van der Waals surface area contributed by atoms with Gasteiger partial charge in [-0.1, -0.05) is 121 Å². The number of anilines is 4. The first-order valence-electron chi connectivity index (χ1n) is 30.8. The predicted octanol–water partition coefficient (Wildman–Crippen LogP) is 14.3. The van der Waals surface area contributed by atoms with Gasteiger partial charge in [-0.15, -0.1) is 22.1 Å². The minimum atomic E-state index is -0.383. The van der Waals surface area contributed by atoms with Crippen LogP contribution in [0.4, 0.5) is 22.7 Å². The Morgan fingerprint density at radius 1 is 0.408 bits per heavy atom. The van der Waals surface area contributed by atoms with Gasteiger partial charge in [0.05, 0.1) is 78.6 Å². The van der Waals surface area contributed by atoms with Gasteiger partial charge in [0.2, 0.25) is 0 Å². The van der Waals surface area contributed by atoms with Crippen molar-refractivity contribution in [2.45, 2.75) is 6.54 Å². The van der Waals surface area contributed by atoms with Crippen LogP contribution in [0, 0.1) is 3.57 Å². The number of aryl methyl sites for hydroxylation is 3. The number of hydrogen-bond donors (Lipinski definition) is 4. The zero-order chi connectivity index (χ0) is 66.3. The Morgan fingerprint density at radius 3 is 1.13 bits per heavy atom. The molecule has 4 amide bonds. The fourth-order valence-corrected chi connectivity index (χ4v) is 12.6. The molecule has 472 valence electrons. The number of amides is 4. The third kappa shape index (κ3) is 12.4. The van der Waals surface area contributed by atoms with Crippen molar-refractivity contribution in [3.05, 3.63) is 275 Å². The quantitative estimate of drug-likeness (QED) is 0.0553. The van der Waals surface area contributed by atoms with E-state index in [-0.39, 0.29) is 43.1 Å². The maximum atomic E-state index is 14.9. The Morgan fingerprint density at radius 2 is 0.765 bits per heavy atom. The maximum absolute atomic E-state index is 14.9. The molecular formula is C76H55IN16O4Zn. The van der Waals surface area contributed by atoms with Crippen molar-refractivity contribution >= 4 is 115 Å². The Labute approximate surface area is 587 Å². The van der Waals surface area contributed by atoms with Crippen LogP contribution in [0.2, 0.25) is 0 Å². The van der Waals surface area contributed by atoms with Crippen molar-refractivity contribution in [3.8, 4) is 55.8 Å². The molecule has 0 radical (unpaired) electrons. The number of imidazole rings is 4. The Balaban J connectivity index is 0.00000821. The fraction of sp³-hybridized carbons (Fsp3) is 0.0526. The van der Waals surface area contributed by atoms with Crippen LogP contribution in [-0.2, 0) is 47.2 Å². The van der Waals surface area contributed by atoms with Crippen LogP contribution >= 0.6 is 22.6 Å². The van der Waals surface area contributed by atoms with E-state index in [1.165, 1.54) is 18.6 Å². The van der Waals surface area contributed by atoms with Gasteiger partial charge in [-0.25, -0.2) is 29.9 Å². The number of nitrogens with zero attached hydrogens (tertiary/aromatic N) is 12. The van der Waals surface area contributed by atoms with Crippen molar-refractivity contribution in [3.63, 3.8) is 0 Å². The minimum Gasteiger partial charge on any atom is -0.657 e. The topological polar surface area (TPSA) is 242 Å². The number of carbonyl (C=O) groups excluding carboxylic acids is 4. The molecule has 7 aromatic heterocycles. The smallest absolute Gasteiger partial charge is 0.657 e. The summed E-state index contributed by atoms with van der Waals surface area (Å²) >= 11 is 2.29. The fourth-order valence-electron chi connectivity index (χ4n) is 12.2. The van der Waals surface area contributed by atoms with Gasteiger partial charge in [-0.05, 0) is 129 Å². The molecule has 0 spiro atoms. The second-order valence-electron chi connectivity index (χ2n) is 23.1. The van der Waals surface area contributed by atoms with Crippen molar-refractivity contribution in [1.29, 1.82) is 0 Å². The predicted molar refractivity (Wildman–Crippen MR) is 386 cm³/mol. The number of nitrogens with one attached hydrogen (secondary N) is 4. The third-order valence-corrected chi connectivity index (χ3v) is 17.6. The van der Waals surface area contributed by atoms with E-state index in [2.05, 4.69) is 92.6 Å². The van der Waals surface area contributed by atoms with Crippen LogP contribution in [0.1, 0.15) is 70.2 Å². The van der Waals surface area contributed by atoms with Crippen LogP contribution < -0.4 is 31.2 Å². The molecule has 0 unspecified atom stereocenters. The van der Waals surface area contributed by atoms with Crippen LogP contribution in [0.5, 0.6) is 0 Å². The largest absolute Gasteiger partial charge is 2.00 e. The Hall–Kier alpha value is -12.0. The molecule has 4 N–H and O–H groups in total. The van der Waals surface area contributed by atoms with E-state index >= 15 is 0 Å². The molecule has 98 heavy (non-hydrogen) atoms. The summed E-state index contributed by atoms with van der Waals surface area (Å²) in [4.78, 5) is 96.7. The molecule has 0 saturated heterocycles. The average Bonchev–Trinajstić information content (AvgIpc) is 1.67. The summed E-state index contributed by atoms with van der Waals surface area (Å²) in [5.74, 6) is -1.49. The Bertz CT molecular complexity index is 5480. The van der Waals surface area contributed by atoms with Gasteiger partial charge < -0.3 is 49.5 Å². The first kappa shape index (κ1) is 63.4. The summed E-state index contributed by atoms with van der Waals surface area (Å²) in [6.45, 7) is 0.469. The minimum absolute atomic E-state index is 0. The zero-order valence-corrected chi connectivity index (χ0v) is 58.0. The van der Waals surface area contributed by atoms with E-state index in [4.69, 9.17) is 19.9 Å². The van der Waals surface area contributed by atoms with E-state index in [1.54, 1.807) is 66.2 Å². The van der Waals surface area contributed by atoms with Crippen LogP contribution in [0.3, 0.4) is 0 Å². The number of rotatable bonds is 15. The third-order valence-electron chi connectivity index (χ3n) is 16.9. The van der Waals surface area contributed by atoms with Gasteiger partial charge >= 0.3 is 19.5 Å². The molecule has 0 fully saturated rings. The SMILES string of the molecule is Cn1cncc1C(=O)Nc1ccccc1-c1c2nc(c(-c3ccccc3NC(=O)c3cncn3C)c3ccc([n-]3)c(-c3ccccc3NC(=O)c3cncn3C)c3nc(c(-c4ccccc4NC(=O)c4cccc(Cn5cncc5-c5ccc(I)cc5)c4)c4ccc1[n-]4)C=C3)C=C2.[Zn+2]. The van der Waals surface area contributed by atoms with Crippen molar-refractivity contribution in [2.24, 2.45) is 21.1 Å². The van der Waals surface area contributed by atoms with Gasteiger partial charge in [0.15, 0.2) is 0 Å². The standard InChI is InChI=1S/C76H57IN16O4.Zn/c1-90-41-78-37-66(90)74(95)87-54-20-9-5-16-50(54)70-59-29-27-57(82-59)69(49-15-4-8-19-53(49)86-73(94)47-14-12-13-45(35-47)40-93-44-81-36-65(93)46-23-25-48(77)26-24-46)58-28-30-60(83-58)71(51-17-6-10-21-55(51)88-75(96)67-38-79-42-91(67)2)62-32-34-64(85-62)72(63-33-31-61(70)84-63)52-18-7-11-22-56(52)89-76(97)68-39-80-43-92(68)3;/h4-39,41-44H,40H2,1-3H3,(H6,82,83,84,85,86,87,88,89,94,95,96,97);/q;+2/p-2. The van der Waals surface area contributed by atoms with E-state index < -0.39 is 0 Å². The van der Waals surface area contributed by atoms with Crippen LogP contribution in [0.15, 0.2) is 220 Å². The molecule has 8 bridgehead atoms. The number of carbonyl (C=O) groups is 4. The van der Waals surface area contributed by atoms with Gasteiger partial charge in [-0.2, -0.15) is 0 Å². The summed E-state index contributed by atoms with van der Waals surface area (Å²) in [5, 5.41) is 12.8. The normalized spacial score (nSPS) is 11.5. The molecule has 0 aliphatic carbocycles. The number of fused-ring (bicyclic) bond motifs is 8. The number of halogens is 1. The first-order chi connectivity index (χ1) is 47.4. The van der Waals surface area contributed by atoms with E-state index in [0.717, 1.165) is 20.4 Å². The monoisotopic (exact) mass is 1450 g/mol. The average molecular weight is 1450 g/mol. The molecular weight excluding hydrogens is 1390 g/mol. The number of benzene rings is 6. The Kier molecular flexibility index (Phi) is 17.5. The molecule has 13 aromatic rings. The number of para-hydroxylation sites is 4. The summed E-state index contributed by atoms with van der Waals surface area (Å²) in [7, 11) is 5.26. The number of aromatic nitrogens is 12. The second kappa shape index (κ2) is 27.0. The summed E-state index contributed by atoms with van der Waals surface area (Å²) in [6.07, 6.45) is 20.5. The van der Waals surface area contributed by atoms with Crippen molar-refractivity contribution < 1.29 is 38.7 Å². The molecule has 9 heterocycles. The van der Waals surface area contributed by atoms with Gasteiger partial charge in [0, 0.05) is 81.8 Å². The maximum Gasteiger partial charge on any atom is 2.00 e. The molecule has 2 aliphatic heterocycles. The molecule has 6 aromatic carbocycles. The zero-order valence-electron chi connectivity index (χ0n) is 52.9. The molecule has 22 heteroatoms. The number of hydrogen-bond acceptors (Lipinski definition) is 10. The molecule has 0 atom stereocenters. The first-order valence-corrected chi connectivity index (χ1v) is 31.9. The van der Waals surface area contributed by atoms with Crippen LogP contribution in [-0.4, -0.2) is 71.8 Å². The molecule has 2 aliphatic rings. The van der Waals surface area contributed by atoms with Gasteiger partial charge in [0.1, 0.15) is 17.1 Å². The van der Waals surface area contributed by atoms with Gasteiger partial charge in [0.25, 0.3) is 23.6 Å². The van der Waals surface area contributed by atoms with Crippen molar-refractivity contribution in [2.75, 3.05) is 21.3 Å². The molecule has 0 saturated carbocycles. The summed E-state index contributed by atoms with van der Waals surface area (Å²) in [6, 6.07) is 53.4. The van der Waals surface area contributed by atoms with E-state index in [9.17, 15) is 19.2 Å². The summed E-state index contributed by atoms with van der Waals surface area (Å²) < 4.78 is 8.13. The van der Waals surface area contributed by atoms with Crippen molar-refractivity contribution in [1.82, 2.24) is 58.1 Å².